The van der Waals surface area contributed by atoms with Crippen molar-refractivity contribution in [3.05, 3.63) is 23.8 Å². The fourth-order valence-corrected chi connectivity index (χ4v) is 2.99. The molecule has 8 heteroatoms. The number of nitrogens with zero attached hydrogens (tertiary/aromatic N) is 2. The molecule has 1 heterocycles. The third-order valence-corrected chi connectivity index (χ3v) is 4.86. The molecule has 0 bridgehead atoms. The SMILES string of the molecule is COc1nc2cccc(CP(=O)(OC)OC)c2nc1OC. The van der Waals surface area contributed by atoms with Gasteiger partial charge in [-0.1, -0.05) is 12.1 Å². The Balaban J connectivity index is 2.57. The van der Waals surface area contributed by atoms with Crippen molar-refractivity contribution < 1.29 is 23.1 Å². The topological polar surface area (TPSA) is 79.8 Å². The summed E-state index contributed by atoms with van der Waals surface area (Å²) >= 11 is 0. The summed E-state index contributed by atoms with van der Waals surface area (Å²) < 4.78 is 32.5. The number of para-hydroxylation sites is 1. The van der Waals surface area contributed by atoms with E-state index in [2.05, 4.69) is 9.97 Å². The fourth-order valence-electron chi connectivity index (χ4n) is 1.91. The van der Waals surface area contributed by atoms with E-state index in [4.69, 9.17) is 18.5 Å². The molecule has 114 valence electrons. The van der Waals surface area contributed by atoms with Crippen molar-refractivity contribution in [1.82, 2.24) is 9.97 Å². The highest BCUT2D eigenvalue weighted by atomic mass is 31.2. The van der Waals surface area contributed by atoms with E-state index in [9.17, 15) is 4.57 Å². The van der Waals surface area contributed by atoms with Crippen molar-refractivity contribution in [2.75, 3.05) is 28.4 Å². The summed E-state index contributed by atoms with van der Waals surface area (Å²) in [6.07, 6.45) is 0.0987. The standard InChI is InChI=1S/C13H17N2O5P/c1-17-12-13(18-2)15-11-9(6-5-7-10(11)14-12)8-21(16,19-3)20-4/h5-7H,8H2,1-4H3. The van der Waals surface area contributed by atoms with Crippen molar-refractivity contribution >= 4 is 18.6 Å². The highest BCUT2D eigenvalue weighted by molar-refractivity contribution is 7.53. The van der Waals surface area contributed by atoms with Crippen LogP contribution in [0.4, 0.5) is 0 Å². The fraction of sp³-hybridized carbons (Fsp3) is 0.385. The van der Waals surface area contributed by atoms with E-state index in [1.807, 2.05) is 0 Å². The third-order valence-electron chi connectivity index (χ3n) is 3.02. The molecule has 1 aromatic heterocycles. The highest BCUT2D eigenvalue weighted by Crippen LogP contribution is 2.50. The normalized spacial score (nSPS) is 11.6. The van der Waals surface area contributed by atoms with Crippen LogP contribution in [0.1, 0.15) is 5.56 Å². The first-order chi connectivity index (χ1) is 10.1. The molecule has 0 spiro atoms. The molecule has 0 atom stereocenters. The van der Waals surface area contributed by atoms with Gasteiger partial charge >= 0.3 is 7.60 Å². The lowest BCUT2D eigenvalue weighted by Crippen LogP contribution is -2.00. The minimum absolute atomic E-state index is 0.0987. The first kappa shape index (κ1) is 15.7. The van der Waals surface area contributed by atoms with Gasteiger partial charge in [-0.05, 0) is 11.6 Å². The maximum Gasteiger partial charge on any atom is 0.334 e. The lowest BCUT2D eigenvalue weighted by molar-refractivity contribution is 0.275. The van der Waals surface area contributed by atoms with Crippen molar-refractivity contribution in [3.8, 4) is 11.8 Å². The number of rotatable bonds is 6. The zero-order chi connectivity index (χ0) is 15.5. The van der Waals surface area contributed by atoms with Gasteiger partial charge in [0.05, 0.1) is 31.4 Å². The van der Waals surface area contributed by atoms with Gasteiger partial charge in [0.25, 0.3) is 11.8 Å². The number of methoxy groups -OCH3 is 2. The molecule has 7 nitrogen and oxygen atoms in total. The lowest BCUT2D eigenvalue weighted by Gasteiger charge is -2.15. The predicted octanol–water partition coefficient (Wildman–Crippen LogP) is 2.63. The summed E-state index contributed by atoms with van der Waals surface area (Å²) in [4.78, 5) is 8.70. The Hall–Kier alpha value is -1.69. The average molecular weight is 312 g/mol. The van der Waals surface area contributed by atoms with Crippen LogP contribution in [0.25, 0.3) is 11.0 Å². The van der Waals surface area contributed by atoms with Gasteiger partial charge in [-0.25, -0.2) is 9.97 Å². The van der Waals surface area contributed by atoms with Gasteiger partial charge in [-0.2, -0.15) is 0 Å². The molecule has 2 aromatic rings. The van der Waals surface area contributed by atoms with E-state index in [0.717, 1.165) is 0 Å². The maximum absolute atomic E-state index is 12.3. The van der Waals surface area contributed by atoms with E-state index in [-0.39, 0.29) is 12.0 Å². The monoisotopic (exact) mass is 312 g/mol. The molecule has 0 saturated carbocycles. The maximum atomic E-state index is 12.3. The van der Waals surface area contributed by atoms with Crippen LogP contribution in [-0.4, -0.2) is 38.4 Å². The molecule has 0 radical (unpaired) electrons. The number of fused-ring (bicyclic) bond motifs is 1. The second kappa shape index (κ2) is 6.39. The van der Waals surface area contributed by atoms with Crippen LogP contribution < -0.4 is 9.47 Å². The minimum atomic E-state index is -3.19. The first-order valence-corrected chi connectivity index (χ1v) is 7.88. The van der Waals surface area contributed by atoms with Gasteiger partial charge in [0, 0.05) is 14.2 Å². The zero-order valence-corrected chi connectivity index (χ0v) is 13.2. The summed E-state index contributed by atoms with van der Waals surface area (Å²) in [5, 5.41) is 0. The number of ether oxygens (including phenoxy) is 2. The lowest BCUT2D eigenvalue weighted by atomic mass is 10.2. The van der Waals surface area contributed by atoms with Gasteiger partial charge < -0.3 is 18.5 Å². The van der Waals surface area contributed by atoms with Crippen LogP contribution in [0.3, 0.4) is 0 Å². The Labute approximate surface area is 122 Å². The quantitative estimate of drug-likeness (QED) is 0.758. The molecular formula is C13H17N2O5P. The predicted molar refractivity (Wildman–Crippen MR) is 78.0 cm³/mol. The minimum Gasteiger partial charge on any atom is -0.477 e. The molecule has 21 heavy (non-hydrogen) atoms. The smallest absolute Gasteiger partial charge is 0.334 e. The van der Waals surface area contributed by atoms with Crippen molar-refractivity contribution in [1.29, 1.82) is 0 Å². The summed E-state index contributed by atoms with van der Waals surface area (Å²) in [5.74, 6) is 0.561. The van der Waals surface area contributed by atoms with Gasteiger partial charge in [-0.15, -0.1) is 0 Å². The first-order valence-electron chi connectivity index (χ1n) is 6.15. The Morgan fingerprint density at radius 1 is 1.00 bits per heavy atom. The molecule has 0 aliphatic carbocycles. The molecule has 0 aliphatic heterocycles. The van der Waals surface area contributed by atoms with Crippen LogP contribution in [0.5, 0.6) is 11.8 Å². The number of aromatic nitrogens is 2. The Morgan fingerprint density at radius 3 is 2.19 bits per heavy atom. The molecule has 2 rings (SSSR count). The van der Waals surface area contributed by atoms with E-state index in [0.29, 0.717) is 22.5 Å². The zero-order valence-electron chi connectivity index (χ0n) is 12.3. The largest absolute Gasteiger partial charge is 0.477 e. The third kappa shape index (κ3) is 3.15. The van der Waals surface area contributed by atoms with Crippen molar-refractivity contribution in [3.63, 3.8) is 0 Å². The second-order valence-electron chi connectivity index (χ2n) is 4.16. The van der Waals surface area contributed by atoms with Gasteiger partial charge in [0.1, 0.15) is 0 Å². The Morgan fingerprint density at radius 2 is 1.62 bits per heavy atom. The van der Waals surface area contributed by atoms with Gasteiger partial charge in [0.15, 0.2) is 0 Å². The van der Waals surface area contributed by atoms with Crippen LogP contribution in [0.2, 0.25) is 0 Å². The van der Waals surface area contributed by atoms with Gasteiger partial charge in [-0.3, -0.25) is 4.57 Å². The Kier molecular flexibility index (Phi) is 4.77. The summed E-state index contributed by atoms with van der Waals surface area (Å²) in [6.45, 7) is 0. The molecule has 0 N–H and O–H groups in total. The van der Waals surface area contributed by atoms with E-state index < -0.39 is 7.60 Å². The summed E-state index contributed by atoms with van der Waals surface area (Å²) in [5.41, 5.74) is 1.89. The van der Waals surface area contributed by atoms with Crippen LogP contribution in [0.15, 0.2) is 18.2 Å². The molecule has 0 unspecified atom stereocenters. The van der Waals surface area contributed by atoms with E-state index >= 15 is 0 Å². The van der Waals surface area contributed by atoms with E-state index in [1.54, 1.807) is 18.2 Å². The molecule has 0 aliphatic rings. The number of hydrogen-bond acceptors (Lipinski definition) is 7. The molecule has 0 amide bonds. The van der Waals surface area contributed by atoms with Gasteiger partial charge in [0.2, 0.25) is 0 Å². The van der Waals surface area contributed by atoms with Crippen molar-refractivity contribution in [2.24, 2.45) is 0 Å². The average Bonchev–Trinajstić information content (AvgIpc) is 2.53. The molecular weight excluding hydrogens is 295 g/mol. The number of hydrogen-bond donors (Lipinski definition) is 0. The van der Waals surface area contributed by atoms with Crippen LogP contribution in [0, 0.1) is 0 Å². The molecule has 0 saturated heterocycles. The Bertz CT molecular complexity index is 684. The highest BCUT2D eigenvalue weighted by Gasteiger charge is 2.24. The second-order valence-corrected chi connectivity index (χ2v) is 6.43. The summed E-state index contributed by atoms with van der Waals surface area (Å²) in [7, 11) is 2.49. The van der Waals surface area contributed by atoms with E-state index in [1.165, 1.54) is 28.4 Å². The number of benzene rings is 1. The molecule has 0 fully saturated rings. The molecule has 1 aromatic carbocycles. The van der Waals surface area contributed by atoms with Crippen LogP contribution >= 0.6 is 7.60 Å². The van der Waals surface area contributed by atoms with Crippen LogP contribution in [-0.2, 0) is 19.8 Å². The summed E-state index contributed by atoms with van der Waals surface area (Å²) in [6, 6.07) is 5.39. The van der Waals surface area contributed by atoms with Crippen molar-refractivity contribution in [2.45, 2.75) is 6.16 Å².